The Bertz CT molecular complexity index is 1270. The summed E-state index contributed by atoms with van der Waals surface area (Å²) in [5, 5.41) is 4.38. The molecule has 3 aromatic rings. The summed E-state index contributed by atoms with van der Waals surface area (Å²) in [5.41, 5.74) is 3.40. The van der Waals surface area contributed by atoms with E-state index in [4.69, 9.17) is 21.1 Å². The minimum Gasteiger partial charge on any atom is -0.490 e. The lowest BCUT2D eigenvalue weighted by Crippen LogP contribution is -2.39. The number of ether oxygens (including phenoxy) is 2. The summed E-state index contributed by atoms with van der Waals surface area (Å²) >= 11 is 5.90. The molecule has 0 saturated carbocycles. The topological polar surface area (TPSA) is 97.3 Å². The van der Waals surface area contributed by atoms with E-state index >= 15 is 0 Å². The maximum atomic E-state index is 13.3. The Morgan fingerprint density at radius 3 is 2.29 bits per heavy atom. The Morgan fingerprint density at radius 2 is 1.63 bits per heavy atom. The highest BCUT2D eigenvalue weighted by atomic mass is 35.5. The molecule has 0 aliphatic heterocycles. The van der Waals surface area contributed by atoms with E-state index in [1.807, 2.05) is 13.8 Å². The molecule has 3 aromatic carbocycles. The van der Waals surface area contributed by atoms with Crippen LogP contribution < -0.4 is 19.2 Å². The monoisotopic (exact) mass is 515 g/mol. The maximum absolute atomic E-state index is 13.3. The number of halogens is 1. The van der Waals surface area contributed by atoms with Crippen LogP contribution in [0.2, 0.25) is 5.02 Å². The minimum atomic E-state index is -4.03. The van der Waals surface area contributed by atoms with E-state index in [1.165, 1.54) is 30.5 Å². The first kappa shape index (κ1) is 26.1. The van der Waals surface area contributed by atoms with E-state index in [9.17, 15) is 13.2 Å². The number of anilines is 1. The molecule has 1 amide bonds. The molecule has 0 radical (unpaired) electrons. The van der Waals surface area contributed by atoms with Crippen LogP contribution in [0.1, 0.15) is 19.4 Å². The van der Waals surface area contributed by atoms with Crippen molar-refractivity contribution in [3.8, 4) is 11.5 Å². The zero-order valence-corrected chi connectivity index (χ0v) is 20.9. The fraction of sp³-hybridized carbons (Fsp3) is 0.200. The number of sulfonamides is 1. The Morgan fingerprint density at radius 1 is 0.971 bits per heavy atom. The van der Waals surface area contributed by atoms with E-state index in [1.54, 1.807) is 48.5 Å². The molecule has 3 rings (SSSR count). The number of amides is 1. The quantitative estimate of drug-likeness (QED) is 0.300. The highest BCUT2D eigenvalue weighted by Crippen LogP contribution is 2.28. The average Bonchev–Trinajstić information content (AvgIpc) is 2.85. The van der Waals surface area contributed by atoms with E-state index in [-0.39, 0.29) is 4.90 Å². The summed E-state index contributed by atoms with van der Waals surface area (Å²) in [5.74, 6) is 0.564. The first-order valence-corrected chi connectivity index (χ1v) is 12.7. The second kappa shape index (κ2) is 12.2. The highest BCUT2D eigenvalue weighted by molar-refractivity contribution is 7.92. The second-order valence-electron chi connectivity index (χ2n) is 7.17. The van der Waals surface area contributed by atoms with Gasteiger partial charge in [-0.1, -0.05) is 29.8 Å². The van der Waals surface area contributed by atoms with Gasteiger partial charge in [-0.25, -0.2) is 13.8 Å². The molecule has 184 valence electrons. The fourth-order valence-corrected chi connectivity index (χ4v) is 4.68. The van der Waals surface area contributed by atoms with Crippen molar-refractivity contribution in [2.75, 3.05) is 24.1 Å². The maximum Gasteiger partial charge on any atom is 0.264 e. The van der Waals surface area contributed by atoms with Crippen LogP contribution in [0.4, 0.5) is 5.69 Å². The molecular formula is C25H26ClN3O5S. The van der Waals surface area contributed by atoms with Gasteiger partial charge in [-0.05, 0) is 74.0 Å². The third-order valence-electron chi connectivity index (χ3n) is 4.70. The third-order valence-corrected chi connectivity index (χ3v) is 6.74. The number of nitrogens with zero attached hydrogens (tertiary/aromatic N) is 2. The fourth-order valence-electron chi connectivity index (χ4n) is 3.14. The largest absolute Gasteiger partial charge is 0.490 e. The second-order valence-corrected chi connectivity index (χ2v) is 9.47. The molecule has 0 fully saturated rings. The van der Waals surface area contributed by atoms with Crippen LogP contribution in [0, 0.1) is 0 Å². The number of benzene rings is 3. The number of rotatable bonds is 11. The number of hydrogen-bond donors (Lipinski definition) is 1. The predicted molar refractivity (Wildman–Crippen MR) is 137 cm³/mol. The molecule has 35 heavy (non-hydrogen) atoms. The molecule has 0 aromatic heterocycles. The highest BCUT2D eigenvalue weighted by Gasteiger charge is 2.27. The average molecular weight is 516 g/mol. The molecule has 0 aliphatic carbocycles. The number of carbonyl (C=O) groups is 1. The normalized spacial score (nSPS) is 11.3. The predicted octanol–water partition coefficient (Wildman–Crippen LogP) is 4.48. The first-order valence-electron chi connectivity index (χ1n) is 10.9. The summed E-state index contributed by atoms with van der Waals surface area (Å²) in [6, 6.07) is 19.4. The molecule has 0 aliphatic rings. The van der Waals surface area contributed by atoms with E-state index in [2.05, 4.69) is 10.5 Å². The van der Waals surface area contributed by atoms with Crippen LogP contribution in [0.15, 0.2) is 82.8 Å². The smallest absolute Gasteiger partial charge is 0.264 e. The van der Waals surface area contributed by atoms with Crippen LogP contribution >= 0.6 is 11.6 Å². The molecule has 0 heterocycles. The molecule has 0 atom stereocenters. The van der Waals surface area contributed by atoms with Crippen LogP contribution in [0.5, 0.6) is 11.5 Å². The number of nitrogens with one attached hydrogen (secondary N) is 1. The number of para-hydroxylation sites is 1. The number of hydrazone groups is 1. The van der Waals surface area contributed by atoms with Crippen LogP contribution in [0.25, 0.3) is 0 Å². The molecule has 0 spiro atoms. The first-order chi connectivity index (χ1) is 16.8. The lowest BCUT2D eigenvalue weighted by atomic mass is 10.2. The molecule has 8 nitrogen and oxygen atoms in total. The molecule has 0 unspecified atom stereocenters. The van der Waals surface area contributed by atoms with Gasteiger partial charge in [0, 0.05) is 5.02 Å². The van der Waals surface area contributed by atoms with Crippen LogP contribution in [0.3, 0.4) is 0 Å². The van der Waals surface area contributed by atoms with Gasteiger partial charge in [0.05, 0.1) is 30.0 Å². The number of hydrogen-bond acceptors (Lipinski definition) is 6. The Labute approximate surface area is 210 Å². The van der Waals surface area contributed by atoms with Gasteiger partial charge in [0.2, 0.25) is 0 Å². The van der Waals surface area contributed by atoms with Gasteiger partial charge in [0.25, 0.3) is 15.9 Å². The van der Waals surface area contributed by atoms with Gasteiger partial charge in [0.1, 0.15) is 6.54 Å². The van der Waals surface area contributed by atoms with Gasteiger partial charge >= 0.3 is 0 Å². The van der Waals surface area contributed by atoms with Crippen LogP contribution in [-0.2, 0) is 14.8 Å². The van der Waals surface area contributed by atoms with Crippen molar-refractivity contribution in [1.82, 2.24) is 5.43 Å². The summed E-state index contributed by atoms with van der Waals surface area (Å²) < 4.78 is 38.7. The molecular weight excluding hydrogens is 490 g/mol. The Kier molecular flexibility index (Phi) is 9.11. The lowest BCUT2D eigenvalue weighted by molar-refractivity contribution is -0.119. The van der Waals surface area contributed by atoms with Crippen LogP contribution in [-0.4, -0.2) is 40.3 Å². The number of carbonyl (C=O) groups excluding carboxylic acids is 1. The zero-order chi connectivity index (χ0) is 25.3. The lowest BCUT2D eigenvalue weighted by Gasteiger charge is -2.23. The Hall–Kier alpha value is -3.56. The SMILES string of the molecule is CCOc1ccc(/C=N\NC(=O)CN(c2ccccc2)S(=O)(=O)c2ccc(Cl)cc2)cc1OCC. The minimum absolute atomic E-state index is 0.0138. The summed E-state index contributed by atoms with van der Waals surface area (Å²) in [6.45, 7) is 4.24. The van der Waals surface area contributed by atoms with Crippen molar-refractivity contribution < 1.29 is 22.7 Å². The van der Waals surface area contributed by atoms with Crippen molar-refractivity contribution in [2.45, 2.75) is 18.7 Å². The van der Waals surface area contributed by atoms with E-state index in [0.717, 1.165) is 4.31 Å². The van der Waals surface area contributed by atoms with Crippen molar-refractivity contribution in [3.63, 3.8) is 0 Å². The van der Waals surface area contributed by atoms with Crippen molar-refractivity contribution in [1.29, 1.82) is 0 Å². The summed E-state index contributed by atoms with van der Waals surface area (Å²) in [7, 11) is -4.03. The standard InChI is InChI=1S/C25H26ClN3O5S/c1-3-33-23-15-10-19(16-24(23)34-4-2)17-27-28-25(30)18-29(21-8-6-5-7-9-21)35(31,32)22-13-11-20(26)12-14-22/h5-17H,3-4,18H2,1-2H3,(H,28,30)/b27-17-. The zero-order valence-electron chi connectivity index (χ0n) is 19.3. The van der Waals surface area contributed by atoms with Gasteiger partial charge in [-0.3, -0.25) is 9.10 Å². The van der Waals surface area contributed by atoms with Crippen molar-refractivity contribution >= 4 is 39.4 Å². The molecule has 0 bridgehead atoms. The van der Waals surface area contributed by atoms with E-state index in [0.29, 0.717) is 41.0 Å². The molecule has 1 N–H and O–H groups in total. The van der Waals surface area contributed by atoms with Gasteiger partial charge in [-0.15, -0.1) is 0 Å². The Balaban J connectivity index is 1.77. The van der Waals surface area contributed by atoms with Gasteiger partial charge in [0.15, 0.2) is 11.5 Å². The van der Waals surface area contributed by atoms with E-state index < -0.39 is 22.5 Å². The van der Waals surface area contributed by atoms with Crippen molar-refractivity contribution in [3.05, 3.63) is 83.4 Å². The van der Waals surface area contributed by atoms with Gasteiger partial charge in [-0.2, -0.15) is 5.10 Å². The third kappa shape index (κ3) is 6.97. The summed E-state index contributed by atoms with van der Waals surface area (Å²) in [4.78, 5) is 12.7. The molecule has 10 heteroatoms. The summed E-state index contributed by atoms with van der Waals surface area (Å²) in [6.07, 6.45) is 1.44. The van der Waals surface area contributed by atoms with Crippen molar-refractivity contribution in [2.24, 2.45) is 5.10 Å². The van der Waals surface area contributed by atoms with Gasteiger partial charge < -0.3 is 9.47 Å². The molecule has 0 saturated heterocycles.